The Morgan fingerprint density at radius 3 is 2.85 bits per heavy atom. The largest absolute Gasteiger partial charge is 0.379 e. The number of benzene rings is 1. The smallest absolute Gasteiger partial charge is 0.241 e. The molecule has 0 spiro atoms. The average Bonchev–Trinajstić information content (AvgIpc) is 2.75. The van der Waals surface area contributed by atoms with Crippen LogP contribution in [0, 0.1) is 0 Å². The first-order valence-electron chi connectivity index (χ1n) is 7.45. The van der Waals surface area contributed by atoms with Crippen molar-refractivity contribution in [2.24, 2.45) is 0 Å². The molecule has 0 bridgehead atoms. The summed E-state index contributed by atoms with van der Waals surface area (Å²) >= 11 is 0. The Hall–Kier alpha value is -1.39. The molecule has 1 aromatic carbocycles. The number of ether oxygens (including phenoxy) is 1. The lowest BCUT2D eigenvalue weighted by Crippen LogP contribution is -2.47. The predicted octanol–water partition coefficient (Wildman–Crippen LogP) is 1.55. The molecule has 3 rings (SSSR count). The number of nitrogens with one attached hydrogen (secondary N) is 1. The van der Waals surface area contributed by atoms with Crippen LogP contribution in [0.2, 0.25) is 0 Å². The fourth-order valence-corrected chi connectivity index (χ4v) is 3.25. The molecule has 3 unspecified atom stereocenters. The van der Waals surface area contributed by atoms with E-state index in [0.29, 0.717) is 6.61 Å². The summed E-state index contributed by atoms with van der Waals surface area (Å²) in [5, 5.41) is 3.42. The molecule has 4 heteroatoms. The predicted molar refractivity (Wildman–Crippen MR) is 77.2 cm³/mol. The summed E-state index contributed by atoms with van der Waals surface area (Å²) in [6.07, 6.45) is 2.96. The maximum atomic E-state index is 12.6. The minimum Gasteiger partial charge on any atom is -0.379 e. The Bertz CT molecular complexity index is 457. The lowest BCUT2D eigenvalue weighted by Gasteiger charge is -2.33. The summed E-state index contributed by atoms with van der Waals surface area (Å²) in [4.78, 5) is 14.6. The third-order valence-corrected chi connectivity index (χ3v) is 4.22. The van der Waals surface area contributed by atoms with Crippen LogP contribution in [-0.2, 0) is 16.0 Å². The minimum atomic E-state index is -0.102. The maximum absolute atomic E-state index is 12.6. The molecule has 0 saturated carbocycles. The zero-order valence-electron chi connectivity index (χ0n) is 11.9. The molecule has 20 heavy (non-hydrogen) atoms. The van der Waals surface area contributed by atoms with Gasteiger partial charge in [-0.3, -0.25) is 10.1 Å². The van der Waals surface area contributed by atoms with E-state index >= 15 is 0 Å². The Kier molecular flexibility index (Phi) is 4.03. The average molecular weight is 274 g/mol. The lowest BCUT2D eigenvalue weighted by molar-refractivity contribution is -0.134. The van der Waals surface area contributed by atoms with Crippen LogP contribution in [0.3, 0.4) is 0 Å². The number of nitrogens with zero attached hydrogens (tertiary/aromatic N) is 1. The Morgan fingerprint density at radius 1 is 1.35 bits per heavy atom. The van der Waals surface area contributed by atoms with Gasteiger partial charge in [-0.15, -0.1) is 0 Å². The van der Waals surface area contributed by atoms with Gasteiger partial charge in [0.15, 0.2) is 0 Å². The van der Waals surface area contributed by atoms with Crippen LogP contribution in [0.4, 0.5) is 0 Å². The normalized spacial score (nSPS) is 30.8. The van der Waals surface area contributed by atoms with Gasteiger partial charge in [0.25, 0.3) is 0 Å². The topological polar surface area (TPSA) is 41.6 Å². The second-order valence-corrected chi connectivity index (χ2v) is 5.70. The van der Waals surface area contributed by atoms with E-state index < -0.39 is 0 Å². The molecule has 2 aliphatic heterocycles. The molecule has 108 valence electrons. The second kappa shape index (κ2) is 5.94. The van der Waals surface area contributed by atoms with Gasteiger partial charge in [-0.05, 0) is 31.7 Å². The van der Waals surface area contributed by atoms with Gasteiger partial charge in [-0.1, -0.05) is 30.3 Å². The van der Waals surface area contributed by atoms with E-state index in [1.54, 1.807) is 0 Å². The van der Waals surface area contributed by atoms with Crippen LogP contribution in [0.15, 0.2) is 30.3 Å². The number of hydrogen-bond donors (Lipinski definition) is 1. The van der Waals surface area contributed by atoms with E-state index in [4.69, 9.17) is 4.74 Å². The van der Waals surface area contributed by atoms with Crippen LogP contribution in [0.25, 0.3) is 0 Å². The zero-order chi connectivity index (χ0) is 13.9. The Balaban J connectivity index is 1.68. The molecule has 2 saturated heterocycles. The van der Waals surface area contributed by atoms with Gasteiger partial charge in [0.2, 0.25) is 5.91 Å². The van der Waals surface area contributed by atoms with E-state index in [1.165, 1.54) is 5.56 Å². The van der Waals surface area contributed by atoms with Crippen molar-refractivity contribution in [1.82, 2.24) is 10.2 Å². The zero-order valence-corrected chi connectivity index (χ0v) is 11.9. The van der Waals surface area contributed by atoms with Crippen molar-refractivity contribution >= 4 is 5.91 Å². The highest BCUT2D eigenvalue weighted by atomic mass is 16.5. The molecule has 4 nitrogen and oxygen atoms in total. The molecular weight excluding hydrogens is 252 g/mol. The monoisotopic (exact) mass is 274 g/mol. The van der Waals surface area contributed by atoms with E-state index in [2.05, 4.69) is 24.4 Å². The fourth-order valence-electron chi connectivity index (χ4n) is 3.25. The molecule has 0 aliphatic carbocycles. The van der Waals surface area contributed by atoms with E-state index in [-0.39, 0.29) is 24.2 Å². The summed E-state index contributed by atoms with van der Waals surface area (Å²) in [5.41, 5.74) is 1.20. The van der Waals surface area contributed by atoms with Gasteiger partial charge >= 0.3 is 0 Å². The number of hydrogen-bond acceptors (Lipinski definition) is 3. The fraction of sp³-hybridized carbons (Fsp3) is 0.562. The standard InChI is InChI=1S/C16H22N2O2/c1-12-17-15(10-13-6-3-2-4-7-13)16(19)18(12)14-8-5-9-20-11-14/h2-4,6-7,12,14-15,17H,5,8-11H2,1H3. The van der Waals surface area contributed by atoms with Gasteiger partial charge in [-0.25, -0.2) is 0 Å². The van der Waals surface area contributed by atoms with Gasteiger partial charge in [0.05, 0.1) is 24.9 Å². The quantitative estimate of drug-likeness (QED) is 0.909. The highest BCUT2D eigenvalue weighted by molar-refractivity contribution is 5.85. The van der Waals surface area contributed by atoms with E-state index in [1.807, 2.05) is 23.1 Å². The van der Waals surface area contributed by atoms with Crippen LogP contribution in [0.1, 0.15) is 25.3 Å². The summed E-state index contributed by atoms with van der Waals surface area (Å²) in [6.45, 7) is 3.57. The molecule has 1 aromatic rings. The summed E-state index contributed by atoms with van der Waals surface area (Å²) in [5.74, 6) is 0.219. The van der Waals surface area contributed by atoms with Crippen molar-refractivity contribution in [3.63, 3.8) is 0 Å². The van der Waals surface area contributed by atoms with Gasteiger partial charge in [0.1, 0.15) is 0 Å². The van der Waals surface area contributed by atoms with Crippen LogP contribution in [0.5, 0.6) is 0 Å². The number of amides is 1. The molecule has 1 amide bonds. The van der Waals surface area contributed by atoms with Crippen molar-refractivity contribution in [3.8, 4) is 0 Å². The number of rotatable bonds is 3. The second-order valence-electron chi connectivity index (χ2n) is 5.70. The van der Waals surface area contributed by atoms with Crippen molar-refractivity contribution in [3.05, 3.63) is 35.9 Å². The highest BCUT2D eigenvalue weighted by Crippen LogP contribution is 2.22. The number of carbonyl (C=O) groups excluding carboxylic acids is 1. The molecule has 1 N–H and O–H groups in total. The molecular formula is C16H22N2O2. The van der Waals surface area contributed by atoms with Crippen LogP contribution >= 0.6 is 0 Å². The van der Waals surface area contributed by atoms with Crippen molar-refractivity contribution in [2.45, 2.75) is 44.4 Å². The molecule has 3 atom stereocenters. The lowest BCUT2D eigenvalue weighted by atomic mass is 10.0. The van der Waals surface area contributed by atoms with Crippen molar-refractivity contribution in [2.75, 3.05) is 13.2 Å². The molecule has 2 aliphatic rings. The van der Waals surface area contributed by atoms with Gasteiger partial charge in [0, 0.05) is 6.61 Å². The van der Waals surface area contributed by atoms with E-state index in [9.17, 15) is 4.79 Å². The molecule has 0 radical (unpaired) electrons. The first kappa shape index (κ1) is 13.6. The molecule has 2 fully saturated rings. The van der Waals surface area contributed by atoms with Crippen LogP contribution in [-0.4, -0.2) is 42.3 Å². The Morgan fingerprint density at radius 2 is 2.15 bits per heavy atom. The summed E-state index contributed by atoms with van der Waals surface area (Å²) in [6, 6.07) is 10.3. The third-order valence-electron chi connectivity index (χ3n) is 4.22. The molecule has 2 heterocycles. The van der Waals surface area contributed by atoms with Gasteiger partial charge < -0.3 is 9.64 Å². The first-order valence-corrected chi connectivity index (χ1v) is 7.45. The third kappa shape index (κ3) is 2.72. The SMILES string of the molecule is CC1NC(Cc2ccccc2)C(=O)N1C1CCCOC1. The first-order chi connectivity index (χ1) is 9.75. The van der Waals surface area contributed by atoms with Crippen molar-refractivity contribution < 1.29 is 9.53 Å². The molecule has 0 aromatic heterocycles. The highest BCUT2D eigenvalue weighted by Gasteiger charge is 2.40. The van der Waals surface area contributed by atoms with Crippen LogP contribution < -0.4 is 5.32 Å². The minimum absolute atomic E-state index is 0.0999. The summed E-state index contributed by atoms with van der Waals surface area (Å²) in [7, 11) is 0. The maximum Gasteiger partial charge on any atom is 0.241 e. The Labute approximate surface area is 120 Å². The van der Waals surface area contributed by atoms with E-state index in [0.717, 1.165) is 25.9 Å². The van der Waals surface area contributed by atoms with Crippen molar-refractivity contribution in [1.29, 1.82) is 0 Å². The summed E-state index contributed by atoms with van der Waals surface area (Å²) < 4.78 is 5.52. The number of carbonyl (C=O) groups is 1. The van der Waals surface area contributed by atoms with Gasteiger partial charge in [-0.2, -0.15) is 0 Å².